The van der Waals surface area contributed by atoms with E-state index in [0.29, 0.717) is 10.1 Å². The molecule has 2 aromatic carbocycles. The van der Waals surface area contributed by atoms with Gasteiger partial charge in [-0.25, -0.2) is 13.8 Å². The lowest BCUT2D eigenvalue weighted by Gasteiger charge is -2.14. The van der Waals surface area contributed by atoms with Crippen molar-refractivity contribution in [1.29, 1.82) is 0 Å². The summed E-state index contributed by atoms with van der Waals surface area (Å²) in [5.74, 6) is -1.88. The SMILES string of the molecule is O=C1C=Cc2ccccc2C1=Cc1c(O)n(-c2ccccc2F)c(=O)[nH]c1=O. The zero-order valence-corrected chi connectivity index (χ0v) is 14.3. The summed E-state index contributed by atoms with van der Waals surface area (Å²) >= 11 is 0. The normalized spacial score (nSPS) is 14.3. The highest BCUT2D eigenvalue weighted by molar-refractivity contribution is 6.33. The van der Waals surface area contributed by atoms with Crippen LogP contribution in [0, 0.1) is 5.82 Å². The molecule has 0 amide bonds. The number of hydrogen-bond donors (Lipinski definition) is 2. The van der Waals surface area contributed by atoms with Crippen LogP contribution in [0.2, 0.25) is 0 Å². The van der Waals surface area contributed by atoms with E-state index in [2.05, 4.69) is 4.98 Å². The van der Waals surface area contributed by atoms with Gasteiger partial charge in [0.05, 0.1) is 5.69 Å². The highest BCUT2D eigenvalue weighted by atomic mass is 19.1. The van der Waals surface area contributed by atoms with E-state index in [-0.39, 0.29) is 22.6 Å². The molecular formula is C21H13FN2O4. The first kappa shape index (κ1) is 17.4. The zero-order chi connectivity index (χ0) is 19.8. The lowest BCUT2D eigenvalue weighted by atomic mass is 9.90. The van der Waals surface area contributed by atoms with E-state index in [9.17, 15) is 23.9 Å². The molecule has 0 aliphatic heterocycles. The predicted octanol–water partition coefficient (Wildman–Crippen LogP) is 2.51. The molecule has 7 heteroatoms. The van der Waals surface area contributed by atoms with E-state index in [4.69, 9.17) is 0 Å². The van der Waals surface area contributed by atoms with Crippen molar-refractivity contribution >= 4 is 23.5 Å². The number of nitrogens with one attached hydrogen (secondary N) is 1. The van der Waals surface area contributed by atoms with Gasteiger partial charge in [0.15, 0.2) is 5.78 Å². The fraction of sp³-hybridized carbons (Fsp3) is 0. The van der Waals surface area contributed by atoms with Crippen molar-refractivity contribution in [3.8, 4) is 11.6 Å². The topological polar surface area (TPSA) is 92.2 Å². The fourth-order valence-electron chi connectivity index (χ4n) is 3.09. The summed E-state index contributed by atoms with van der Waals surface area (Å²) in [6.07, 6.45) is 4.21. The lowest BCUT2D eigenvalue weighted by molar-refractivity contribution is -0.109. The van der Waals surface area contributed by atoms with Crippen LogP contribution < -0.4 is 11.2 Å². The summed E-state index contributed by atoms with van der Waals surface area (Å²) in [5, 5.41) is 10.6. The highest BCUT2D eigenvalue weighted by Gasteiger charge is 2.21. The third-order valence-electron chi connectivity index (χ3n) is 4.43. The Morgan fingerprint density at radius 3 is 2.46 bits per heavy atom. The van der Waals surface area contributed by atoms with Crippen LogP contribution in [0.5, 0.6) is 5.88 Å². The number of benzene rings is 2. The number of aromatic amines is 1. The summed E-state index contributed by atoms with van der Waals surface area (Å²) in [5.41, 5.74) is -0.901. The summed E-state index contributed by atoms with van der Waals surface area (Å²) in [6.45, 7) is 0. The van der Waals surface area contributed by atoms with E-state index in [0.717, 1.165) is 11.6 Å². The highest BCUT2D eigenvalue weighted by Crippen LogP contribution is 2.29. The van der Waals surface area contributed by atoms with Crippen molar-refractivity contribution < 1.29 is 14.3 Å². The van der Waals surface area contributed by atoms with E-state index >= 15 is 0 Å². The van der Waals surface area contributed by atoms with Gasteiger partial charge in [0.25, 0.3) is 5.56 Å². The second kappa shape index (κ2) is 6.62. The molecule has 1 aromatic heterocycles. The molecular weight excluding hydrogens is 363 g/mol. The Morgan fingerprint density at radius 2 is 1.68 bits per heavy atom. The van der Waals surface area contributed by atoms with Gasteiger partial charge in [-0.15, -0.1) is 0 Å². The van der Waals surface area contributed by atoms with Gasteiger partial charge >= 0.3 is 5.69 Å². The first-order valence-electron chi connectivity index (χ1n) is 8.34. The number of carbonyl (C=O) groups excluding carboxylic acids is 1. The number of nitrogens with zero attached hydrogens (tertiary/aromatic N) is 1. The monoisotopic (exact) mass is 376 g/mol. The molecule has 1 aliphatic rings. The molecule has 0 saturated carbocycles. The minimum Gasteiger partial charge on any atom is -0.494 e. The van der Waals surface area contributed by atoms with E-state index in [1.54, 1.807) is 30.3 Å². The Labute approximate surface area is 157 Å². The van der Waals surface area contributed by atoms with E-state index in [1.807, 2.05) is 0 Å². The Morgan fingerprint density at radius 1 is 0.964 bits per heavy atom. The quantitative estimate of drug-likeness (QED) is 0.672. The summed E-state index contributed by atoms with van der Waals surface area (Å²) < 4.78 is 14.8. The van der Waals surface area contributed by atoms with Crippen LogP contribution in [-0.4, -0.2) is 20.4 Å². The number of aromatic nitrogens is 2. The maximum Gasteiger partial charge on any atom is 0.335 e. The molecule has 2 N–H and O–H groups in total. The Bertz CT molecular complexity index is 1300. The largest absolute Gasteiger partial charge is 0.494 e. The van der Waals surface area contributed by atoms with Crippen LogP contribution in [-0.2, 0) is 4.79 Å². The van der Waals surface area contributed by atoms with Crippen molar-refractivity contribution in [3.05, 3.63) is 98.0 Å². The molecule has 0 spiro atoms. The molecule has 1 heterocycles. The molecule has 4 rings (SSSR count). The molecule has 0 fully saturated rings. The predicted molar refractivity (Wildman–Crippen MR) is 103 cm³/mol. The molecule has 0 saturated heterocycles. The van der Waals surface area contributed by atoms with Crippen LogP contribution in [0.3, 0.4) is 0 Å². The van der Waals surface area contributed by atoms with Gasteiger partial charge in [0.1, 0.15) is 11.4 Å². The maximum atomic E-state index is 14.1. The Kier molecular flexibility index (Phi) is 4.12. The van der Waals surface area contributed by atoms with Crippen LogP contribution in [0.4, 0.5) is 4.39 Å². The molecule has 28 heavy (non-hydrogen) atoms. The van der Waals surface area contributed by atoms with Gasteiger partial charge in [-0.2, -0.15) is 0 Å². The molecule has 0 radical (unpaired) electrons. The molecule has 0 atom stereocenters. The summed E-state index contributed by atoms with van der Waals surface area (Å²) in [6, 6.07) is 12.4. The second-order valence-electron chi connectivity index (χ2n) is 6.13. The van der Waals surface area contributed by atoms with Crippen LogP contribution in [0.25, 0.3) is 23.4 Å². The number of carbonyl (C=O) groups is 1. The molecule has 0 bridgehead atoms. The summed E-state index contributed by atoms with van der Waals surface area (Å²) in [7, 11) is 0. The number of halogens is 1. The molecule has 3 aromatic rings. The first-order chi connectivity index (χ1) is 13.5. The number of fused-ring (bicyclic) bond motifs is 1. The number of rotatable bonds is 2. The number of allylic oxidation sites excluding steroid dienone is 2. The Hall–Kier alpha value is -4.00. The standard InChI is InChI=1S/C21H13FN2O4/c22-16-7-3-4-8-17(16)24-20(27)15(19(26)23-21(24)28)11-14-13-6-2-1-5-12(13)9-10-18(14)25/h1-11,27H,(H,23,26,28). The van der Waals surface area contributed by atoms with E-state index in [1.165, 1.54) is 30.4 Å². The minimum atomic E-state index is -0.995. The smallest absolute Gasteiger partial charge is 0.335 e. The third-order valence-corrected chi connectivity index (χ3v) is 4.43. The number of para-hydroxylation sites is 1. The number of ketones is 1. The first-order valence-corrected chi connectivity index (χ1v) is 8.34. The average Bonchev–Trinajstić information content (AvgIpc) is 2.68. The Balaban J connectivity index is 1.99. The number of aromatic hydroxyl groups is 1. The number of H-pyrrole nitrogens is 1. The van der Waals surface area contributed by atoms with Gasteiger partial charge in [-0.3, -0.25) is 14.6 Å². The average molecular weight is 376 g/mol. The molecule has 138 valence electrons. The molecule has 0 unspecified atom stereocenters. The van der Waals surface area contributed by atoms with Crippen molar-refractivity contribution in [3.63, 3.8) is 0 Å². The van der Waals surface area contributed by atoms with Gasteiger partial charge in [0, 0.05) is 5.57 Å². The fourth-order valence-corrected chi connectivity index (χ4v) is 3.09. The zero-order valence-electron chi connectivity index (χ0n) is 14.3. The summed E-state index contributed by atoms with van der Waals surface area (Å²) in [4.78, 5) is 39.0. The van der Waals surface area contributed by atoms with E-state index < -0.39 is 22.9 Å². The van der Waals surface area contributed by atoms with Gasteiger partial charge in [-0.1, -0.05) is 42.5 Å². The maximum absolute atomic E-state index is 14.1. The third kappa shape index (κ3) is 2.79. The van der Waals surface area contributed by atoms with Gasteiger partial charge in [0.2, 0.25) is 5.88 Å². The lowest BCUT2D eigenvalue weighted by Crippen LogP contribution is -2.31. The minimum absolute atomic E-state index is 0.178. The second-order valence-corrected chi connectivity index (χ2v) is 6.13. The van der Waals surface area contributed by atoms with Crippen molar-refractivity contribution in [1.82, 2.24) is 9.55 Å². The van der Waals surface area contributed by atoms with Gasteiger partial charge in [-0.05, 0) is 35.4 Å². The molecule has 1 aliphatic carbocycles. The van der Waals surface area contributed by atoms with Crippen molar-refractivity contribution in [2.45, 2.75) is 0 Å². The van der Waals surface area contributed by atoms with Crippen LogP contribution in [0.15, 0.2) is 64.2 Å². The van der Waals surface area contributed by atoms with Crippen LogP contribution >= 0.6 is 0 Å². The van der Waals surface area contributed by atoms with Crippen molar-refractivity contribution in [2.24, 2.45) is 0 Å². The van der Waals surface area contributed by atoms with Crippen molar-refractivity contribution in [2.75, 3.05) is 0 Å². The molecule has 6 nitrogen and oxygen atoms in total. The van der Waals surface area contributed by atoms with Gasteiger partial charge < -0.3 is 5.11 Å². The number of hydrogen-bond acceptors (Lipinski definition) is 4. The van der Waals surface area contributed by atoms with Crippen LogP contribution in [0.1, 0.15) is 16.7 Å².